The van der Waals surface area contributed by atoms with Gasteiger partial charge in [0.05, 0.1) is 4.88 Å². The summed E-state index contributed by atoms with van der Waals surface area (Å²) < 4.78 is 0. The summed E-state index contributed by atoms with van der Waals surface area (Å²) in [7, 11) is 0. The van der Waals surface area contributed by atoms with Gasteiger partial charge in [-0.3, -0.25) is 4.79 Å². The van der Waals surface area contributed by atoms with E-state index in [0.29, 0.717) is 10.7 Å². The molecule has 0 fully saturated rings. The van der Waals surface area contributed by atoms with Crippen molar-refractivity contribution in [2.45, 2.75) is 6.92 Å². The third-order valence-electron chi connectivity index (χ3n) is 2.29. The monoisotopic (exact) mass is 233 g/mol. The number of nitrogens with two attached hydrogens (primary N) is 2. The van der Waals surface area contributed by atoms with Crippen LogP contribution in [-0.2, 0) is 0 Å². The Morgan fingerprint density at radius 1 is 1.44 bits per heavy atom. The summed E-state index contributed by atoms with van der Waals surface area (Å²) in [5.74, 6) is 0.0870. The zero-order valence-electron chi connectivity index (χ0n) is 8.73. The number of nitrogens with zero attached hydrogens (tertiary/aromatic N) is 1. The number of pyridine rings is 1. The van der Waals surface area contributed by atoms with Crippen LogP contribution >= 0.6 is 11.3 Å². The van der Waals surface area contributed by atoms with E-state index < -0.39 is 5.91 Å². The summed E-state index contributed by atoms with van der Waals surface area (Å²) in [5, 5.41) is 1.89. The highest BCUT2D eigenvalue weighted by molar-refractivity contribution is 7.12. The highest BCUT2D eigenvalue weighted by Gasteiger charge is 2.08. The van der Waals surface area contributed by atoms with Gasteiger partial charge in [-0.1, -0.05) is 0 Å². The van der Waals surface area contributed by atoms with Crippen LogP contribution in [0.5, 0.6) is 0 Å². The van der Waals surface area contributed by atoms with Gasteiger partial charge in [-0.05, 0) is 35.6 Å². The summed E-state index contributed by atoms with van der Waals surface area (Å²) >= 11 is 1.33. The molecule has 2 rings (SSSR count). The van der Waals surface area contributed by atoms with Gasteiger partial charge >= 0.3 is 0 Å². The minimum Gasteiger partial charge on any atom is -0.384 e. The molecule has 2 aromatic rings. The van der Waals surface area contributed by atoms with E-state index in [9.17, 15) is 4.79 Å². The van der Waals surface area contributed by atoms with Crippen molar-refractivity contribution in [3.05, 3.63) is 34.2 Å². The number of rotatable bonds is 2. The van der Waals surface area contributed by atoms with Crippen molar-refractivity contribution in [3.8, 4) is 11.1 Å². The van der Waals surface area contributed by atoms with Crippen molar-refractivity contribution in [2.75, 3.05) is 5.73 Å². The summed E-state index contributed by atoms with van der Waals surface area (Å²) in [6.45, 7) is 1.95. The molecule has 16 heavy (non-hydrogen) atoms. The molecule has 1 amide bonds. The molecular formula is C11H11N3OS. The molecule has 0 spiro atoms. The van der Waals surface area contributed by atoms with Crippen LogP contribution < -0.4 is 11.5 Å². The maximum Gasteiger partial charge on any atom is 0.258 e. The lowest BCUT2D eigenvalue weighted by molar-refractivity contribution is 0.100. The van der Waals surface area contributed by atoms with E-state index in [1.54, 1.807) is 18.3 Å². The second-order valence-electron chi connectivity index (χ2n) is 3.49. The Labute approximate surface area is 96.9 Å². The normalized spacial score (nSPS) is 10.3. The largest absolute Gasteiger partial charge is 0.384 e. The van der Waals surface area contributed by atoms with E-state index in [2.05, 4.69) is 4.98 Å². The Kier molecular flexibility index (Phi) is 2.62. The molecule has 0 saturated heterocycles. The van der Waals surface area contributed by atoms with Gasteiger partial charge in [0.15, 0.2) is 0 Å². The molecule has 4 nitrogen and oxygen atoms in total. The maximum atomic E-state index is 11.0. The average Bonchev–Trinajstić information content (AvgIpc) is 2.66. The Balaban J connectivity index is 2.46. The first-order valence-electron chi connectivity index (χ1n) is 4.69. The molecule has 4 N–H and O–H groups in total. The van der Waals surface area contributed by atoms with Gasteiger partial charge in [-0.2, -0.15) is 0 Å². The first kappa shape index (κ1) is 10.6. The second-order valence-corrected chi connectivity index (χ2v) is 4.40. The Hall–Kier alpha value is -1.88. The minimum atomic E-state index is -0.405. The number of nitrogen functional groups attached to an aromatic ring is 1. The molecule has 0 radical (unpaired) electrons. The highest BCUT2D eigenvalue weighted by Crippen LogP contribution is 2.28. The van der Waals surface area contributed by atoms with Gasteiger partial charge in [0.1, 0.15) is 5.82 Å². The standard InChI is InChI=1S/C11H11N3OS/c1-6-2-10(12)14-4-8(6)7-3-9(11(13)15)16-5-7/h2-5H,1H3,(H2,12,14)(H2,13,15). The van der Waals surface area contributed by atoms with Crippen LogP contribution in [0.15, 0.2) is 23.7 Å². The number of carbonyl (C=O) groups excluding carboxylic acids is 1. The summed E-state index contributed by atoms with van der Waals surface area (Å²) in [6, 6.07) is 3.57. The lowest BCUT2D eigenvalue weighted by Gasteiger charge is -2.03. The molecule has 0 bridgehead atoms. The highest BCUT2D eigenvalue weighted by atomic mass is 32.1. The molecule has 0 saturated carbocycles. The van der Waals surface area contributed by atoms with Crippen molar-refractivity contribution < 1.29 is 4.79 Å². The smallest absolute Gasteiger partial charge is 0.258 e. The molecule has 2 heterocycles. The Bertz CT molecular complexity index is 548. The second kappa shape index (κ2) is 3.94. The maximum absolute atomic E-state index is 11.0. The SMILES string of the molecule is Cc1cc(N)ncc1-c1csc(C(N)=O)c1. The van der Waals surface area contributed by atoms with Gasteiger partial charge < -0.3 is 11.5 Å². The number of anilines is 1. The number of primary amides is 1. The van der Waals surface area contributed by atoms with Crippen molar-refractivity contribution in [2.24, 2.45) is 5.73 Å². The molecule has 0 unspecified atom stereocenters. The van der Waals surface area contributed by atoms with Crippen molar-refractivity contribution in [1.29, 1.82) is 0 Å². The molecular weight excluding hydrogens is 222 g/mol. The Morgan fingerprint density at radius 3 is 2.75 bits per heavy atom. The number of hydrogen-bond acceptors (Lipinski definition) is 4. The van der Waals surface area contributed by atoms with E-state index in [4.69, 9.17) is 11.5 Å². The first-order chi connectivity index (χ1) is 7.58. The molecule has 0 aliphatic carbocycles. The van der Waals surface area contributed by atoms with Crippen LogP contribution in [-0.4, -0.2) is 10.9 Å². The number of aromatic nitrogens is 1. The lowest BCUT2D eigenvalue weighted by atomic mass is 10.1. The van der Waals surface area contributed by atoms with Gasteiger partial charge in [-0.25, -0.2) is 4.98 Å². The molecule has 5 heteroatoms. The van der Waals surface area contributed by atoms with Crippen molar-refractivity contribution in [3.63, 3.8) is 0 Å². The van der Waals surface area contributed by atoms with Crippen LogP contribution in [0.25, 0.3) is 11.1 Å². The average molecular weight is 233 g/mol. The topological polar surface area (TPSA) is 82.0 Å². The third-order valence-corrected chi connectivity index (χ3v) is 3.23. The van der Waals surface area contributed by atoms with Crippen LogP contribution in [0.4, 0.5) is 5.82 Å². The van der Waals surface area contributed by atoms with Gasteiger partial charge in [0.2, 0.25) is 0 Å². The Morgan fingerprint density at radius 2 is 2.19 bits per heavy atom. The fourth-order valence-electron chi connectivity index (χ4n) is 1.49. The van der Waals surface area contributed by atoms with Gasteiger partial charge in [0, 0.05) is 11.8 Å². The molecule has 2 aromatic heterocycles. The molecule has 0 aliphatic heterocycles. The molecule has 0 aliphatic rings. The van der Waals surface area contributed by atoms with Gasteiger partial charge in [0.25, 0.3) is 5.91 Å². The number of amides is 1. The quantitative estimate of drug-likeness (QED) is 0.829. The summed E-state index contributed by atoms with van der Waals surface area (Å²) in [4.78, 5) is 15.6. The number of thiophene rings is 1. The fraction of sp³-hybridized carbons (Fsp3) is 0.0909. The predicted octanol–water partition coefficient (Wildman–Crippen LogP) is 1.80. The van der Waals surface area contributed by atoms with E-state index in [1.807, 2.05) is 12.3 Å². The number of hydrogen-bond donors (Lipinski definition) is 2. The van der Waals surface area contributed by atoms with Crippen LogP contribution in [0.3, 0.4) is 0 Å². The molecule has 0 aromatic carbocycles. The van der Waals surface area contributed by atoms with E-state index >= 15 is 0 Å². The zero-order chi connectivity index (χ0) is 11.7. The van der Waals surface area contributed by atoms with E-state index in [1.165, 1.54) is 11.3 Å². The molecule has 0 atom stereocenters. The third kappa shape index (κ3) is 1.90. The van der Waals surface area contributed by atoms with E-state index in [0.717, 1.165) is 16.7 Å². The van der Waals surface area contributed by atoms with Crippen LogP contribution in [0.2, 0.25) is 0 Å². The lowest BCUT2D eigenvalue weighted by Crippen LogP contribution is -2.08. The number of carbonyl (C=O) groups is 1. The predicted molar refractivity (Wildman–Crippen MR) is 65.2 cm³/mol. The molecule has 82 valence electrons. The zero-order valence-corrected chi connectivity index (χ0v) is 9.54. The summed E-state index contributed by atoms with van der Waals surface area (Å²) in [6.07, 6.45) is 1.71. The van der Waals surface area contributed by atoms with Crippen LogP contribution in [0, 0.1) is 6.92 Å². The minimum absolute atomic E-state index is 0.405. The van der Waals surface area contributed by atoms with Gasteiger partial charge in [-0.15, -0.1) is 11.3 Å². The fourth-order valence-corrected chi connectivity index (χ4v) is 2.25. The summed E-state index contributed by atoms with van der Waals surface area (Å²) in [5.41, 5.74) is 13.7. The van der Waals surface area contributed by atoms with Crippen LogP contribution in [0.1, 0.15) is 15.2 Å². The van der Waals surface area contributed by atoms with Crippen molar-refractivity contribution >= 4 is 23.1 Å². The van der Waals surface area contributed by atoms with Crippen molar-refractivity contribution in [1.82, 2.24) is 4.98 Å². The van der Waals surface area contributed by atoms with E-state index in [-0.39, 0.29) is 0 Å². The number of aryl methyl sites for hydroxylation is 1. The first-order valence-corrected chi connectivity index (χ1v) is 5.56.